The Labute approximate surface area is 171 Å². The highest BCUT2D eigenvalue weighted by Crippen LogP contribution is 2.19. The van der Waals surface area contributed by atoms with Gasteiger partial charge >= 0.3 is 0 Å². The Balaban J connectivity index is 1.39. The molecule has 0 saturated carbocycles. The van der Waals surface area contributed by atoms with Gasteiger partial charge in [-0.1, -0.05) is 19.1 Å². The van der Waals surface area contributed by atoms with Crippen LogP contribution in [0.25, 0.3) is 0 Å². The van der Waals surface area contributed by atoms with Crippen LogP contribution in [-0.2, 0) is 16.1 Å². The molecule has 1 fully saturated rings. The highest BCUT2D eigenvalue weighted by Gasteiger charge is 2.15. The molecule has 0 aromatic heterocycles. The largest absolute Gasteiger partial charge is 0.326 e. The van der Waals surface area contributed by atoms with Gasteiger partial charge < -0.3 is 10.6 Å². The first kappa shape index (κ1) is 21.0. The number of rotatable bonds is 7. The summed E-state index contributed by atoms with van der Waals surface area (Å²) in [4.78, 5) is 26.5. The van der Waals surface area contributed by atoms with Crippen molar-refractivity contribution in [1.82, 2.24) is 4.90 Å². The molecular weight excluding hydrogens is 369 g/mol. The maximum atomic E-state index is 12.9. The van der Waals surface area contributed by atoms with Crippen LogP contribution in [0, 0.1) is 11.7 Å². The van der Waals surface area contributed by atoms with Crippen molar-refractivity contribution in [2.75, 3.05) is 23.7 Å². The van der Waals surface area contributed by atoms with Gasteiger partial charge in [-0.15, -0.1) is 0 Å². The van der Waals surface area contributed by atoms with Crippen LogP contribution in [0.4, 0.5) is 15.8 Å². The fraction of sp³-hybridized carbons (Fsp3) is 0.391. The zero-order valence-corrected chi connectivity index (χ0v) is 16.8. The Hall–Kier alpha value is -2.73. The molecule has 1 heterocycles. The number of halogens is 1. The number of amides is 2. The Morgan fingerprint density at radius 1 is 0.897 bits per heavy atom. The second kappa shape index (κ2) is 10.2. The monoisotopic (exact) mass is 397 g/mol. The summed E-state index contributed by atoms with van der Waals surface area (Å²) in [7, 11) is 0. The number of carbonyl (C=O) groups excluding carboxylic acids is 2. The van der Waals surface area contributed by atoms with Crippen LogP contribution < -0.4 is 10.6 Å². The van der Waals surface area contributed by atoms with Crippen molar-refractivity contribution in [2.45, 2.75) is 39.2 Å². The van der Waals surface area contributed by atoms with E-state index in [0.29, 0.717) is 5.69 Å². The van der Waals surface area contributed by atoms with Gasteiger partial charge in [0.15, 0.2) is 0 Å². The molecule has 6 heteroatoms. The zero-order valence-electron chi connectivity index (χ0n) is 16.8. The predicted molar refractivity (Wildman–Crippen MR) is 113 cm³/mol. The molecule has 2 aromatic rings. The number of likely N-dealkylation sites (tertiary alicyclic amines) is 1. The number of nitrogens with zero attached hydrogens (tertiary/aromatic N) is 1. The van der Waals surface area contributed by atoms with E-state index in [1.165, 1.54) is 42.7 Å². The maximum absolute atomic E-state index is 12.9. The van der Waals surface area contributed by atoms with Gasteiger partial charge in [-0.25, -0.2) is 4.39 Å². The van der Waals surface area contributed by atoms with Gasteiger partial charge in [0.05, 0.1) is 0 Å². The fourth-order valence-corrected chi connectivity index (χ4v) is 3.38. The first-order chi connectivity index (χ1) is 14.0. The van der Waals surface area contributed by atoms with Crippen LogP contribution in [0.1, 0.15) is 38.2 Å². The number of hydrogen-bond donors (Lipinski definition) is 2. The van der Waals surface area contributed by atoms with E-state index in [1.54, 1.807) is 0 Å². The Morgan fingerprint density at radius 2 is 1.38 bits per heavy atom. The molecule has 5 nitrogen and oxygen atoms in total. The Bertz CT molecular complexity index is 813. The van der Waals surface area contributed by atoms with Gasteiger partial charge in [0.1, 0.15) is 5.82 Å². The van der Waals surface area contributed by atoms with E-state index in [-0.39, 0.29) is 30.5 Å². The van der Waals surface area contributed by atoms with E-state index in [0.717, 1.165) is 31.2 Å². The van der Waals surface area contributed by atoms with Crippen molar-refractivity contribution in [2.24, 2.45) is 5.92 Å². The van der Waals surface area contributed by atoms with E-state index < -0.39 is 0 Å². The van der Waals surface area contributed by atoms with Gasteiger partial charge in [0, 0.05) is 30.8 Å². The lowest BCUT2D eigenvalue weighted by molar-refractivity contribution is -0.121. The minimum atomic E-state index is -0.362. The van der Waals surface area contributed by atoms with Crippen LogP contribution in [0.3, 0.4) is 0 Å². The lowest BCUT2D eigenvalue weighted by Gasteiger charge is -2.30. The molecule has 29 heavy (non-hydrogen) atoms. The molecule has 0 bridgehead atoms. The van der Waals surface area contributed by atoms with Crippen LogP contribution in [0.2, 0.25) is 0 Å². The summed E-state index contributed by atoms with van der Waals surface area (Å²) in [6.45, 7) is 5.52. The maximum Gasteiger partial charge on any atom is 0.224 e. The van der Waals surface area contributed by atoms with Crippen LogP contribution in [-0.4, -0.2) is 29.8 Å². The van der Waals surface area contributed by atoms with Gasteiger partial charge in [0.2, 0.25) is 11.8 Å². The number of anilines is 2. The number of piperidine rings is 1. The van der Waals surface area contributed by atoms with Gasteiger partial charge in [-0.05, 0) is 73.8 Å². The fourth-order valence-electron chi connectivity index (χ4n) is 3.38. The topological polar surface area (TPSA) is 61.4 Å². The van der Waals surface area contributed by atoms with E-state index in [2.05, 4.69) is 22.5 Å². The SMILES string of the molecule is CC1CCN(Cc2ccc(NC(=O)CCC(=O)Nc3ccc(F)cc3)cc2)CC1. The van der Waals surface area contributed by atoms with Crippen molar-refractivity contribution in [3.05, 3.63) is 59.9 Å². The second-order valence-electron chi connectivity index (χ2n) is 7.76. The van der Waals surface area contributed by atoms with Gasteiger partial charge in [0.25, 0.3) is 0 Å². The van der Waals surface area contributed by atoms with Crippen molar-refractivity contribution < 1.29 is 14.0 Å². The standard InChI is InChI=1S/C23H28FN3O2/c1-17-12-14-27(15-13-17)16-18-2-6-20(7-3-18)25-22(28)10-11-23(29)26-21-8-4-19(24)5-9-21/h2-9,17H,10-16H2,1H3,(H,25,28)(H,26,29). The quantitative estimate of drug-likeness (QED) is 0.727. The predicted octanol–water partition coefficient (Wildman–Crippen LogP) is 4.42. The highest BCUT2D eigenvalue weighted by molar-refractivity contribution is 5.96. The highest BCUT2D eigenvalue weighted by atomic mass is 19.1. The summed E-state index contributed by atoms with van der Waals surface area (Å²) in [5.41, 5.74) is 2.47. The first-order valence-electron chi connectivity index (χ1n) is 10.1. The number of hydrogen-bond acceptors (Lipinski definition) is 3. The van der Waals surface area contributed by atoms with E-state index in [1.807, 2.05) is 24.3 Å². The minimum Gasteiger partial charge on any atom is -0.326 e. The molecule has 0 atom stereocenters. The van der Waals surface area contributed by atoms with Crippen LogP contribution >= 0.6 is 0 Å². The smallest absolute Gasteiger partial charge is 0.224 e. The molecule has 0 aliphatic carbocycles. The molecule has 1 saturated heterocycles. The Kier molecular flexibility index (Phi) is 7.36. The van der Waals surface area contributed by atoms with Gasteiger partial charge in [-0.2, -0.15) is 0 Å². The molecule has 1 aliphatic rings. The zero-order chi connectivity index (χ0) is 20.6. The second-order valence-corrected chi connectivity index (χ2v) is 7.76. The Morgan fingerprint density at radius 3 is 1.90 bits per heavy atom. The molecule has 3 rings (SSSR count). The molecule has 0 radical (unpaired) electrons. The van der Waals surface area contributed by atoms with Crippen LogP contribution in [0.5, 0.6) is 0 Å². The minimum absolute atomic E-state index is 0.0642. The number of nitrogens with one attached hydrogen (secondary N) is 2. The summed E-state index contributed by atoms with van der Waals surface area (Å²) in [5, 5.41) is 5.47. The van der Waals surface area contributed by atoms with Crippen molar-refractivity contribution in [1.29, 1.82) is 0 Å². The molecule has 1 aliphatic heterocycles. The summed E-state index contributed by atoms with van der Waals surface area (Å²) in [6, 6.07) is 13.4. The summed E-state index contributed by atoms with van der Waals surface area (Å²) < 4.78 is 12.9. The van der Waals surface area contributed by atoms with Crippen molar-refractivity contribution in [3.8, 4) is 0 Å². The van der Waals surface area contributed by atoms with Crippen molar-refractivity contribution >= 4 is 23.2 Å². The molecule has 0 spiro atoms. The molecule has 154 valence electrons. The van der Waals surface area contributed by atoms with Crippen LogP contribution in [0.15, 0.2) is 48.5 Å². The molecule has 2 N–H and O–H groups in total. The summed E-state index contributed by atoms with van der Waals surface area (Å²) in [5.74, 6) is -0.0319. The third-order valence-corrected chi connectivity index (χ3v) is 5.23. The average molecular weight is 397 g/mol. The lowest BCUT2D eigenvalue weighted by atomic mass is 9.99. The normalized spacial score (nSPS) is 15.1. The molecular formula is C23H28FN3O2. The third-order valence-electron chi connectivity index (χ3n) is 5.23. The van der Waals surface area contributed by atoms with Crippen molar-refractivity contribution in [3.63, 3.8) is 0 Å². The number of benzene rings is 2. The van der Waals surface area contributed by atoms with E-state index in [4.69, 9.17) is 0 Å². The average Bonchev–Trinajstić information content (AvgIpc) is 2.71. The van der Waals surface area contributed by atoms with E-state index in [9.17, 15) is 14.0 Å². The lowest BCUT2D eigenvalue weighted by Crippen LogP contribution is -2.32. The third kappa shape index (κ3) is 6.98. The molecule has 0 unspecified atom stereocenters. The summed E-state index contributed by atoms with van der Waals surface area (Å²) >= 11 is 0. The van der Waals surface area contributed by atoms with Gasteiger partial charge in [-0.3, -0.25) is 14.5 Å². The molecule has 2 aromatic carbocycles. The molecule has 2 amide bonds. The first-order valence-corrected chi connectivity index (χ1v) is 10.1. The number of carbonyl (C=O) groups is 2. The van der Waals surface area contributed by atoms with E-state index >= 15 is 0 Å². The summed E-state index contributed by atoms with van der Waals surface area (Å²) in [6.07, 6.45) is 2.65.